The second kappa shape index (κ2) is 6.67. The standard InChI is InChI=1S/C16H12OS/c17-11-5-4-8-15-12-18-13-16(15)10-9-14-6-2-1-3-7-14/h1-3,6-7,12-13,17H,5,11H2. The Labute approximate surface area is 111 Å². The van der Waals surface area contributed by atoms with E-state index in [2.05, 4.69) is 23.7 Å². The monoisotopic (exact) mass is 252 g/mol. The predicted octanol–water partition coefficient (Wildman–Crippen LogP) is 2.88. The Kier molecular flexibility index (Phi) is 4.61. The molecule has 0 unspecified atom stereocenters. The van der Waals surface area contributed by atoms with Gasteiger partial charge < -0.3 is 5.11 Å². The quantitative estimate of drug-likeness (QED) is 0.774. The van der Waals surface area contributed by atoms with E-state index in [-0.39, 0.29) is 6.61 Å². The van der Waals surface area contributed by atoms with E-state index in [0.29, 0.717) is 6.42 Å². The molecule has 1 nitrogen and oxygen atoms in total. The van der Waals surface area contributed by atoms with Crippen molar-refractivity contribution in [1.29, 1.82) is 0 Å². The molecule has 0 saturated carbocycles. The van der Waals surface area contributed by atoms with E-state index in [1.54, 1.807) is 11.3 Å². The van der Waals surface area contributed by atoms with E-state index in [0.717, 1.165) is 16.7 Å². The minimum absolute atomic E-state index is 0.0994. The van der Waals surface area contributed by atoms with Crippen molar-refractivity contribution >= 4 is 11.3 Å². The first-order chi connectivity index (χ1) is 8.90. The van der Waals surface area contributed by atoms with Crippen molar-refractivity contribution in [3.05, 3.63) is 57.8 Å². The van der Waals surface area contributed by atoms with Crippen LogP contribution in [0.25, 0.3) is 0 Å². The van der Waals surface area contributed by atoms with E-state index < -0.39 is 0 Å². The molecule has 0 aliphatic heterocycles. The maximum atomic E-state index is 8.69. The summed E-state index contributed by atoms with van der Waals surface area (Å²) in [5.41, 5.74) is 2.89. The van der Waals surface area contributed by atoms with Crippen molar-refractivity contribution in [1.82, 2.24) is 0 Å². The van der Waals surface area contributed by atoms with Gasteiger partial charge in [0.15, 0.2) is 0 Å². The zero-order chi connectivity index (χ0) is 12.6. The molecule has 0 bridgehead atoms. The van der Waals surface area contributed by atoms with Gasteiger partial charge >= 0.3 is 0 Å². The van der Waals surface area contributed by atoms with Gasteiger partial charge in [0.25, 0.3) is 0 Å². The molecule has 1 heterocycles. The molecule has 0 saturated heterocycles. The Morgan fingerprint density at radius 2 is 1.67 bits per heavy atom. The highest BCUT2D eigenvalue weighted by Crippen LogP contribution is 2.12. The topological polar surface area (TPSA) is 20.2 Å². The summed E-state index contributed by atoms with van der Waals surface area (Å²) in [7, 11) is 0. The number of aliphatic hydroxyl groups excluding tert-OH is 1. The van der Waals surface area contributed by atoms with Gasteiger partial charge in [-0.1, -0.05) is 41.9 Å². The van der Waals surface area contributed by atoms with Crippen molar-refractivity contribution in [2.75, 3.05) is 6.61 Å². The molecule has 0 radical (unpaired) electrons. The lowest BCUT2D eigenvalue weighted by atomic mass is 10.1. The van der Waals surface area contributed by atoms with Crippen LogP contribution in [-0.4, -0.2) is 11.7 Å². The van der Waals surface area contributed by atoms with Crippen LogP contribution in [0.4, 0.5) is 0 Å². The molecule has 0 spiro atoms. The number of thiophene rings is 1. The number of benzene rings is 1. The van der Waals surface area contributed by atoms with Gasteiger partial charge in [0.05, 0.1) is 17.7 Å². The van der Waals surface area contributed by atoms with Crippen LogP contribution in [0.2, 0.25) is 0 Å². The van der Waals surface area contributed by atoms with Crippen molar-refractivity contribution in [3.63, 3.8) is 0 Å². The summed E-state index contributed by atoms with van der Waals surface area (Å²) >= 11 is 1.59. The van der Waals surface area contributed by atoms with Crippen molar-refractivity contribution < 1.29 is 5.11 Å². The van der Waals surface area contributed by atoms with Crippen molar-refractivity contribution in [2.24, 2.45) is 0 Å². The van der Waals surface area contributed by atoms with Crippen LogP contribution in [0.15, 0.2) is 41.1 Å². The van der Waals surface area contributed by atoms with Gasteiger partial charge in [-0.15, -0.1) is 11.3 Å². The predicted molar refractivity (Wildman–Crippen MR) is 75.3 cm³/mol. The van der Waals surface area contributed by atoms with Gasteiger partial charge in [-0.3, -0.25) is 0 Å². The molecule has 0 aliphatic carbocycles. The molecule has 1 N–H and O–H groups in total. The maximum Gasteiger partial charge on any atom is 0.0540 e. The Hall–Kier alpha value is -2.00. The van der Waals surface area contributed by atoms with E-state index in [9.17, 15) is 0 Å². The number of hydrogen-bond donors (Lipinski definition) is 1. The lowest BCUT2D eigenvalue weighted by Crippen LogP contribution is -1.79. The highest BCUT2D eigenvalue weighted by atomic mass is 32.1. The molecule has 2 rings (SSSR count). The summed E-state index contributed by atoms with van der Waals surface area (Å²) in [6, 6.07) is 9.88. The summed E-state index contributed by atoms with van der Waals surface area (Å²) in [6.45, 7) is 0.0994. The summed E-state index contributed by atoms with van der Waals surface area (Å²) < 4.78 is 0. The smallest absolute Gasteiger partial charge is 0.0540 e. The average Bonchev–Trinajstić information content (AvgIpc) is 2.86. The first-order valence-corrected chi connectivity index (χ1v) is 6.57. The molecule has 1 aromatic heterocycles. The van der Waals surface area contributed by atoms with Crippen molar-refractivity contribution in [3.8, 4) is 23.7 Å². The molecule has 0 atom stereocenters. The third-order valence-corrected chi connectivity index (χ3v) is 2.98. The Balaban J connectivity index is 2.19. The van der Waals surface area contributed by atoms with Crippen LogP contribution < -0.4 is 0 Å². The average molecular weight is 252 g/mol. The Morgan fingerprint density at radius 3 is 2.39 bits per heavy atom. The molecule has 2 aromatic rings. The SMILES string of the molecule is OCCC#Cc1cscc1C#Cc1ccccc1. The lowest BCUT2D eigenvalue weighted by Gasteiger charge is -1.88. The number of aliphatic hydroxyl groups is 1. The van der Waals surface area contributed by atoms with E-state index in [1.165, 1.54) is 0 Å². The first kappa shape index (κ1) is 12.5. The van der Waals surface area contributed by atoms with Crippen LogP contribution in [0.1, 0.15) is 23.1 Å². The zero-order valence-corrected chi connectivity index (χ0v) is 10.6. The summed E-state index contributed by atoms with van der Waals surface area (Å²) in [6.07, 6.45) is 0.501. The fourth-order valence-corrected chi connectivity index (χ4v) is 2.08. The molecule has 0 aliphatic rings. The lowest BCUT2D eigenvalue weighted by molar-refractivity contribution is 0.305. The molecule has 0 amide bonds. The summed E-state index contributed by atoms with van der Waals surface area (Å²) in [5.74, 6) is 12.2. The van der Waals surface area contributed by atoms with Crippen LogP contribution in [-0.2, 0) is 0 Å². The van der Waals surface area contributed by atoms with Gasteiger partial charge in [-0.25, -0.2) is 0 Å². The van der Waals surface area contributed by atoms with E-state index >= 15 is 0 Å². The normalized spacial score (nSPS) is 8.94. The highest BCUT2D eigenvalue weighted by Gasteiger charge is 1.96. The van der Waals surface area contributed by atoms with Crippen LogP contribution in [0.5, 0.6) is 0 Å². The molecular weight excluding hydrogens is 240 g/mol. The molecule has 2 heteroatoms. The number of rotatable bonds is 1. The fraction of sp³-hybridized carbons (Fsp3) is 0.125. The Morgan fingerprint density at radius 1 is 0.944 bits per heavy atom. The molecule has 18 heavy (non-hydrogen) atoms. The largest absolute Gasteiger partial charge is 0.395 e. The van der Waals surface area contributed by atoms with Crippen LogP contribution in [0.3, 0.4) is 0 Å². The van der Waals surface area contributed by atoms with Gasteiger partial charge in [0.2, 0.25) is 0 Å². The minimum Gasteiger partial charge on any atom is -0.395 e. The number of hydrogen-bond acceptors (Lipinski definition) is 2. The van der Waals surface area contributed by atoms with E-state index in [4.69, 9.17) is 5.11 Å². The maximum absolute atomic E-state index is 8.69. The van der Waals surface area contributed by atoms with Gasteiger partial charge in [0.1, 0.15) is 0 Å². The second-order valence-electron chi connectivity index (χ2n) is 3.59. The molecule has 1 aromatic carbocycles. The zero-order valence-electron chi connectivity index (χ0n) is 9.81. The van der Waals surface area contributed by atoms with Crippen molar-refractivity contribution in [2.45, 2.75) is 6.42 Å². The highest BCUT2D eigenvalue weighted by molar-refractivity contribution is 7.08. The van der Waals surface area contributed by atoms with Crippen LogP contribution >= 0.6 is 11.3 Å². The van der Waals surface area contributed by atoms with Gasteiger partial charge in [0, 0.05) is 22.7 Å². The second-order valence-corrected chi connectivity index (χ2v) is 4.33. The third kappa shape index (κ3) is 3.50. The fourth-order valence-electron chi connectivity index (χ4n) is 1.37. The van der Waals surface area contributed by atoms with E-state index in [1.807, 2.05) is 41.1 Å². The van der Waals surface area contributed by atoms with Crippen LogP contribution in [0, 0.1) is 23.7 Å². The third-order valence-electron chi connectivity index (χ3n) is 2.24. The first-order valence-electron chi connectivity index (χ1n) is 5.63. The summed E-state index contributed by atoms with van der Waals surface area (Å²) in [5, 5.41) is 12.7. The molecular formula is C16H12OS. The summed E-state index contributed by atoms with van der Waals surface area (Å²) in [4.78, 5) is 0. The Bertz CT molecular complexity index is 618. The van der Waals surface area contributed by atoms with Gasteiger partial charge in [-0.05, 0) is 12.1 Å². The van der Waals surface area contributed by atoms with Gasteiger partial charge in [-0.2, -0.15) is 0 Å². The minimum atomic E-state index is 0.0994. The molecule has 0 fully saturated rings. The molecule has 88 valence electrons.